The van der Waals surface area contributed by atoms with Crippen LogP contribution in [0.2, 0.25) is 0 Å². The highest BCUT2D eigenvalue weighted by atomic mass is 19.1. The Bertz CT molecular complexity index is 710. The van der Waals surface area contributed by atoms with Crippen LogP contribution >= 0.6 is 0 Å². The first kappa shape index (κ1) is 22.0. The highest BCUT2D eigenvalue weighted by Crippen LogP contribution is 2.54. The smallest absolute Gasteiger partial charge is 0.233 e. The minimum Gasteiger partial charge on any atom is -0.303 e. The van der Waals surface area contributed by atoms with Crippen LogP contribution in [0.15, 0.2) is 24.3 Å². The van der Waals surface area contributed by atoms with Gasteiger partial charge in [-0.05, 0) is 61.1 Å². The Hall–Kier alpha value is -1.71. The van der Waals surface area contributed by atoms with Crippen LogP contribution < -0.4 is 0 Å². The predicted molar refractivity (Wildman–Crippen MR) is 117 cm³/mol. The Kier molecular flexibility index (Phi) is 7.13. The van der Waals surface area contributed by atoms with Crippen molar-refractivity contribution < 1.29 is 9.18 Å². The first-order chi connectivity index (χ1) is 13.8. The van der Waals surface area contributed by atoms with E-state index in [1.54, 1.807) is 11.9 Å². The first-order valence-corrected chi connectivity index (χ1v) is 11.4. The molecule has 1 aromatic rings. The number of rotatable bonds is 8. The molecule has 0 spiro atoms. The van der Waals surface area contributed by atoms with Crippen molar-refractivity contribution in [3.05, 3.63) is 35.6 Å². The number of hydrogen-bond acceptors (Lipinski definition) is 2. The SMILES string of the molecule is CCCC(=N)N(C)C(=O)C(C)(CC1CCCCC1)C[C@@H]1CC1c1ccc(F)cc1. The summed E-state index contributed by atoms with van der Waals surface area (Å²) in [5, 5.41) is 8.29. The fourth-order valence-corrected chi connectivity index (χ4v) is 5.39. The Labute approximate surface area is 175 Å². The molecule has 4 heteroatoms. The van der Waals surface area contributed by atoms with Gasteiger partial charge < -0.3 is 4.90 Å². The van der Waals surface area contributed by atoms with Crippen molar-refractivity contribution in [3.63, 3.8) is 0 Å². The van der Waals surface area contributed by atoms with Gasteiger partial charge in [0.1, 0.15) is 11.7 Å². The summed E-state index contributed by atoms with van der Waals surface area (Å²) >= 11 is 0. The van der Waals surface area contributed by atoms with E-state index in [0.717, 1.165) is 25.7 Å². The lowest BCUT2D eigenvalue weighted by molar-refractivity contribution is -0.138. The maximum atomic E-state index is 13.5. The van der Waals surface area contributed by atoms with Gasteiger partial charge in [-0.2, -0.15) is 0 Å². The summed E-state index contributed by atoms with van der Waals surface area (Å²) in [6.07, 6.45) is 10.7. The summed E-state index contributed by atoms with van der Waals surface area (Å²) in [4.78, 5) is 15.2. The molecule has 3 nitrogen and oxygen atoms in total. The van der Waals surface area contributed by atoms with Crippen LogP contribution in [0.1, 0.15) is 89.5 Å². The van der Waals surface area contributed by atoms with E-state index in [-0.39, 0.29) is 11.7 Å². The Morgan fingerprint density at radius 1 is 1.17 bits per heavy atom. The minimum atomic E-state index is -0.420. The zero-order valence-corrected chi connectivity index (χ0v) is 18.3. The van der Waals surface area contributed by atoms with Crippen molar-refractivity contribution in [3.8, 4) is 0 Å². The number of nitrogens with zero attached hydrogens (tertiary/aromatic N) is 1. The van der Waals surface area contributed by atoms with Crippen LogP contribution in [0.3, 0.4) is 0 Å². The largest absolute Gasteiger partial charge is 0.303 e. The average Bonchev–Trinajstić information content (AvgIpc) is 3.46. The quantitative estimate of drug-likeness (QED) is 0.391. The molecule has 0 radical (unpaired) electrons. The number of carbonyl (C=O) groups excluding carboxylic acids is 1. The first-order valence-electron chi connectivity index (χ1n) is 11.4. The van der Waals surface area contributed by atoms with Gasteiger partial charge in [-0.3, -0.25) is 10.2 Å². The summed E-state index contributed by atoms with van der Waals surface area (Å²) in [7, 11) is 1.78. The molecule has 1 amide bonds. The molecule has 1 aromatic carbocycles. The second-order valence-corrected chi connectivity index (χ2v) is 9.69. The van der Waals surface area contributed by atoms with E-state index >= 15 is 0 Å². The molecule has 0 aliphatic heterocycles. The molecule has 2 aliphatic carbocycles. The zero-order chi connectivity index (χ0) is 21.0. The van der Waals surface area contributed by atoms with Gasteiger partial charge in [0.15, 0.2) is 0 Å². The van der Waals surface area contributed by atoms with Crippen molar-refractivity contribution in [2.24, 2.45) is 17.3 Å². The third-order valence-corrected chi connectivity index (χ3v) is 7.11. The lowest BCUT2D eigenvalue weighted by atomic mass is 9.71. The van der Waals surface area contributed by atoms with Crippen LogP contribution in [0.25, 0.3) is 0 Å². The van der Waals surface area contributed by atoms with E-state index in [4.69, 9.17) is 5.41 Å². The third-order valence-electron chi connectivity index (χ3n) is 7.11. The molecule has 0 bridgehead atoms. The summed E-state index contributed by atoms with van der Waals surface area (Å²) < 4.78 is 13.3. The van der Waals surface area contributed by atoms with Gasteiger partial charge in [0, 0.05) is 18.9 Å². The van der Waals surface area contributed by atoms with Crippen LogP contribution in [0.4, 0.5) is 4.39 Å². The molecular formula is C25H37FN2O. The third kappa shape index (κ3) is 5.46. The number of hydrogen-bond donors (Lipinski definition) is 1. The monoisotopic (exact) mass is 400 g/mol. The van der Waals surface area contributed by atoms with Crippen molar-refractivity contribution in [2.45, 2.75) is 84.0 Å². The van der Waals surface area contributed by atoms with Crippen molar-refractivity contribution in [2.75, 3.05) is 7.05 Å². The second kappa shape index (κ2) is 9.40. The molecule has 2 fully saturated rings. The maximum absolute atomic E-state index is 13.5. The van der Waals surface area contributed by atoms with Crippen LogP contribution in [0, 0.1) is 28.5 Å². The summed E-state index contributed by atoms with van der Waals surface area (Å²) in [6.45, 7) is 4.19. The van der Waals surface area contributed by atoms with Crippen molar-refractivity contribution in [1.29, 1.82) is 5.41 Å². The molecule has 3 rings (SSSR count). The fraction of sp³-hybridized carbons (Fsp3) is 0.680. The van der Waals surface area contributed by atoms with E-state index in [0.29, 0.717) is 30.0 Å². The summed E-state index contributed by atoms with van der Waals surface area (Å²) in [5.74, 6) is 1.89. The van der Waals surface area contributed by atoms with Crippen LogP contribution in [0.5, 0.6) is 0 Å². The van der Waals surface area contributed by atoms with Gasteiger partial charge in [0.2, 0.25) is 5.91 Å². The van der Waals surface area contributed by atoms with Gasteiger partial charge in [0.05, 0.1) is 0 Å². The van der Waals surface area contributed by atoms with E-state index in [1.165, 1.54) is 49.8 Å². The Morgan fingerprint density at radius 3 is 2.45 bits per heavy atom. The van der Waals surface area contributed by atoms with Crippen molar-refractivity contribution in [1.82, 2.24) is 4.90 Å². The fourth-order valence-electron chi connectivity index (χ4n) is 5.39. The summed E-state index contributed by atoms with van der Waals surface area (Å²) in [5.41, 5.74) is 0.770. The second-order valence-electron chi connectivity index (χ2n) is 9.69. The molecule has 0 saturated heterocycles. The van der Waals surface area contributed by atoms with Crippen LogP contribution in [-0.2, 0) is 4.79 Å². The van der Waals surface area contributed by atoms with E-state index < -0.39 is 5.41 Å². The van der Waals surface area contributed by atoms with Gasteiger partial charge in [-0.1, -0.05) is 58.1 Å². The van der Waals surface area contributed by atoms with Gasteiger partial charge >= 0.3 is 0 Å². The van der Waals surface area contributed by atoms with Crippen LogP contribution in [-0.4, -0.2) is 23.7 Å². The van der Waals surface area contributed by atoms with Gasteiger partial charge in [0.25, 0.3) is 0 Å². The molecule has 29 heavy (non-hydrogen) atoms. The number of halogens is 1. The highest BCUT2D eigenvalue weighted by molar-refractivity contribution is 5.98. The molecule has 0 heterocycles. The standard InChI is InChI=1S/C25H37FN2O/c1-4-8-23(27)28(3)24(29)25(2,16-18-9-6-5-7-10-18)17-20-15-22(20)19-11-13-21(26)14-12-19/h11-14,18,20,22,27H,4-10,15-17H2,1-3H3/t20-,22?,25?/m0/s1. The Morgan fingerprint density at radius 2 is 1.83 bits per heavy atom. The Balaban J connectivity index is 1.72. The average molecular weight is 401 g/mol. The topological polar surface area (TPSA) is 44.2 Å². The van der Waals surface area contributed by atoms with Gasteiger partial charge in [-0.25, -0.2) is 4.39 Å². The number of amides is 1. The van der Waals surface area contributed by atoms with E-state index in [1.807, 2.05) is 19.1 Å². The highest BCUT2D eigenvalue weighted by Gasteiger charge is 2.47. The molecule has 160 valence electrons. The molecule has 1 N–H and O–H groups in total. The zero-order valence-electron chi connectivity index (χ0n) is 18.3. The molecule has 2 unspecified atom stereocenters. The lowest BCUT2D eigenvalue weighted by Gasteiger charge is -2.37. The molecular weight excluding hydrogens is 363 g/mol. The number of nitrogens with one attached hydrogen (secondary N) is 1. The molecule has 3 atom stereocenters. The molecule has 0 aromatic heterocycles. The number of amidine groups is 1. The lowest BCUT2D eigenvalue weighted by Crippen LogP contribution is -2.44. The maximum Gasteiger partial charge on any atom is 0.233 e. The van der Waals surface area contributed by atoms with Gasteiger partial charge in [-0.15, -0.1) is 0 Å². The van der Waals surface area contributed by atoms with E-state index in [2.05, 4.69) is 6.92 Å². The minimum absolute atomic E-state index is 0.117. The molecule has 2 saturated carbocycles. The van der Waals surface area contributed by atoms with E-state index in [9.17, 15) is 9.18 Å². The summed E-state index contributed by atoms with van der Waals surface area (Å²) in [6, 6.07) is 6.86. The van der Waals surface area contributed by atoms with Crippen molar-refractivity contribution >= 4 is 11.7 Å². The predicted octanol–water partition coefficient (Wildman–Crippen LogP) is 6.53. The normalized spacial score (nSPS) is 24.0. The number of benzene rings is 1. The number of carbonyl (C=O) groups is 1. The molecule has 2 aliphatic rings.